The molecule has 3 nitrogen and oxygen atoms in total. The zero-order valence-corrected chi connectivity index (χ0v) is 6.50. The molecule has 0 bridgehead atoms. The minimum Gasteiger partial charge on any atom is -0.180 e. The zero-order valence-electron chi connectivity index (χ0n) is 6.50. The summed E-state index contributed by atoms with van der Waals surface area (Å²) >= 11 is 0. The second-order valence-electron chi connectivity index (χ2n) is 2.54. The molecule has 0 fully saturated rings. The number of hydrogen-bond acceptors (Lipinski definition) is 3. The lowest BCUT2D eigenvalue weighted by Crippen LogP contribution is -2.14. The molecule has 0 N–H and O–H groups in total. The minimum absolute atomic E-state index is 0.449. The lowest BCUT2D eigenvalue weighted by molar-refractivity contribution is 0.376. The Morgan fingerprint density at radius 1 is 1.60 bits per heavy atom. The summed E-state index contributed by atoms with van der Waals surface area (Å²) in [6.45, 7) is 4.19. The lowest BCUT2D eigenvalue weighted by atomic mass is 10.1. The van der Waals surface area contributed by atoms with Crippen LogP contribution in [0.2, 0.25) is 0 Å². The summed E-state index contributed by atoms with van der Waals surface area (Å²) in [5.41, 5.74) is 1.03. The first-order chi connectivity index (χ1) is 4.70. The molecule has 10 heavy (non-hydrogen) atoms. The molecule has 0 saturated carbocycles. The van der Waals surface area contributed by atoms with Crippen molar-refractivity contribution in [1.82, 2.24) is 5.12 Å². The Balaban J connectivity index is 2.80. The molecule has 0 amide bonds. The van der Waals surface area contributed by atoms with Crippen LogP contribution in [0, 0.1) is 5.92 Å². The van der Waals surface area contributed by atoms with Crippen molar-refractivity contribution < 1.29 is 0 Å². The fraction of sp³-hybridized carbons (Fsp3) is 0.571. The van der Waals surface area contributed by atoms with Gasteiger partial charge in [-0.25, -0.2) is 0 Å². The minimum atomic E-state index is 0.449. The van der Waals surface area contributed by atoms with Crippen LogP contribution in [0.25, 0.3) is 0 Å². The van der Waals surface area contributed by atoms with E-state index in [4.69, 9.17) is 0 Å². The summed E-state index contributed by atoms with van der Waals surface area (Å²) in [7, 11) is 1.79. The van der Waals surface area contributed by atoms with E-state index in [9.17, 15) is 0 Å². The summed E-state index contributed by atoms with van der Waals surface area (Å²) in [4.78, 5) is 0. The van der Waals surface area contributed by atoms with Gasteiger partial charge in [-0.3, -0.25) is 0 Å². The third kappa shape index (κ3) is 1.45. The van der Waals surface area contributed by atoms with E-state index in [0.29, 0.717) is 5.92 Å². The first-order valence-corrected chi connectivity index (χ1v) is 3.32. The Labute approximate surface area is 60.7 Å². The molecule has 0 aromatic heterocycles. The standard InChI is InChI=1S/C7H11N3/c1-6(2)7-4-5-8-10(3)9-7/h4,6H,1-3H3. The lowest BCUT2D eigenvalue weighted by Gasteiger charge is -2.11. The Kier molecular flexibility index (Phi) is 1.88. The average molecular weight is 137 g/mol. The molecule has 0 spiro atoms. The number of hydrogen-bond donors (Lipinski definition) is 0. The van der Waals surface area contributed by atoms with Crippen molar-refractivity contribution in [3.8, 4) is 0 Å². The van der Waals surface area contributed by atoms with E-state index in [1.807, 2.05) is 6.08 Å². The largest absolute Gasteiger partial charge is 0.180 e. The van der Waals surface area contributed by atoms with Crippen molar-refractivity contribution in [2.45, 2.75) is 13.8 Å². The second-order valence-corrected chi connectivity index (χ2v) is 2.54. The SMILES string of the molecule is CC(C)C1=NN(C)N=C=C1. The van der Waals surface area contributed by atoms with Crippen LogP contribution in [0.1, 0.15) is 13.8 Å². The summed E-state index contributed by atoms with van der Waals surface area (Å²) in [6.07, 6.45) is 1.81. The van der Waals surface area contributed by atoms with E-state index in [0.717, 1.165) is 5.71 Å². The summed E-state index contributed by atoms with van der Waals surface area (Å²) in [5.74, 6) is 3.21. The fourth-order valence-corrected chi connectivity index (χ4v) is 0.679. The van der Waals surface area contributed by atoms with E-state index in [1.165, 1.54) is 5.12 Å². The molecular weight excluding hydrogens is 126 g/mol. The van der Waals surface area contributed by atoms with E-state index >= 15 is 0 Å². The number of rotatable bonds is 1. The van der Waals surface area contributed by atoms with Gasteiger partial charge in [0, 0.05) is 11.9 Å². The average Bonchev–Trinajstić information content (AvgIpc) is 1.88. The van der Waals surface area contributed by atoms with E-state index in [-0.39, 0.29) is 0 Å². The van der Waals surface area contributed by atoms with Crippen LogP contribution >= 0.6 is 0 Å². The van der Waals surface area contributed by atoms with Crippen LogP contribution in [0.3, 0.4) is 0 Å². The van der Waals surface area contributed by atoms with Gasteiger partial charge in [-0.05, 0) is 5.92 Å². The van der Waals surface area contributed by atoms with Crippen LogP contribution in [-0.2, 0) is 0 Å². The van der Waals surface area contributed by atoms with Gasteiger partial charge in [-0.1, -0.05) is 13.8 Å². The third-order valence-electron chi connectivity index (χ3n) is 1.27. The first kappa shape index (κ1) is 7.03. The zero-order chi connectivity index (χ0) is 7.56. The highest BCUT2D eigenvalue weighted by Crippen LogP contribution is 2.01. The molecule has 1 heterocycles. The predicted molar refractivity (Wildman–Crippen MR) is 42.0 cm³/mol. The van der Waals surface area contributed by atoms with Crippen LogP contribution in [0.15, 0.2) is 16.3 Å². The molecule has 0 aliphatic carbocycles. The van der Waals surface area contributed by atoms with E-state index in [2.05, 4.69) is 29.9 Å². The summed E-state index contributed by atoms with van der Waals surface area (Å²) in [6, 6.07) is 0. The highest BCUT2D eigenvalue weighted by atomic mass is 15.6. The van der Waals surface area contributed by atoms with Crippen molar-refractivity contribution in [2.75, 3.05) is 7.05 Å². The molecule has 54 valence electrons. The highest BCUT2D eigenvalue weighted by molar-refractivity contribution is 6.02. The molecule has 0 aromatic rings. The van der Waals surface area contributed by atoms with Gasteiger partial charge in [0.1, 0.15) is 0 Å². The van der Waals surface area contributed by atoms with Crippen molar-refractivity contribution in [1.29, 1.82) is 0 Å². The van der Waals surface area contributed by atoms with Crippen LogP contribution in [0.4, 0.5) is 0 Å². The molecular formula is C7H11N3. The van der Waals surface area contributed by atoms with Gasteiger partial charge in [0.05, 0.1) is 12.8 Å². The van der Waals surface area contributed by atoms with Gasteiger partial charge in [0.25, 0.3) is 0 Å². The number of hydrazone groups is 2. The summed E-state index contributed by atoms with van der Waals surface area (Å²) < 4.78 is 0. The predicted octanol–water partition coefficient (Wildman–Crippen LogP) is 1.08. The normalized spacial score (nSPS) is 16.4. The fourth-order valence-electron chi connectivity index (χ4n) is 0.679. The van der Waals surface area contributed by atoms with Gasteiger partial charge in [-0.15, -0.1) is 5.10 Å². The van der Waals surface area contributed by atoms with Gasteiger partial charge in [0.15, 0.2) is 0 Å². The second kappa shape index (κ2) is 2.67. The first-order valence-electron chi connectivity index (χ1n) is 3.32. The molecule has 0 aromatic carbocycles. The molecule has 1 rings (SSSR count). The van der Waals surface area contributed by atoms with Crippen LogP contribution in [0.5, 0.6) is 0 Å². The van der Waals surface area contributed by atoms with Gasteiger partial charge >= 0.3 is 0 Å². The Hall–Kier alpha value is -1.08. The van der Waals surface area contributed by atoms with Crippen LogP contribution in [-0.4, -0.2) is 23.7 Å². The Morgan fingerprint density at radius 3 is 2.70 bits per heavy atom. The number of nitrogens with zero attached hydrogens (tertiary/aromatic N) is 3. The van der Waals surface area contributed by atoms with Crippen molar-refractivity contribution in [3.63, 3.8) is 0 Å². The van der Waals surface area contributed by atoms with Gasteiger partial charge < -0.3 is 0 Å². The molecule has 1 aliphatic rings. The Morgan fingerprint density at radius 2 is 2.30 bits per heavy atom. The molecule has 1 aliphatic heterocycles. The van der Waals surface area contributed by atoms with Crippen molar-refractivity contribution >= 4 is 11.6 Å². The topological polar surface area (TPSA) is 28.0 Å². The summed E-state index contributed by atoms with van der Waals surface area (Å²) in [5, 5.41) is 9.47. The van der Waals surface area contributed by atoms with E-state index in [1.54, 1.807) is 7.05 Å². The molecule has 3 heteroatoms. The number of allylic oxidation sites excluding steroid dienone is 1. The maximum Gasteiger partial charge on any atom is 0.0745 e. The Bertz CT molecular complexity index is 209. The smallest absolute Gasteiger partial charge is 0.0745 e. The van der Waals surface area contributed by atoms with Crippen LogP contribution < -0.4 is 0 Å². The maximum atomic E-state index is 4.15. The molecule has 0 saturated heterocycles. The van der Waals surface area contributed by atoms with Crippen molar-refractivity contribution in [3.05, 3.63) is 6.08 Å². The van der Waals surface area contributed by atoms with Crippen molar-refractivity contribution in [2.24, 2.45) is 16.1 Å². The third-order valence-corrected chi connectivity index (χ3v) is 1.27. The highest BCUT2D eigenvalue weighted by Gasteiger charge is 2.04. The van der Waals surface area contributed by atoms with Gasteiger partial charge in [-0.2, -0.15) is 10.2 Å². The monoisotopic (exact) mass is 137 g/mol. The van der Waals surface area contributed by atoms with E-state index < -0.39 is 0 Å². The molecule has 0 unspecified atom stereocenters. The maximum absolute atomic E-state index is 4.15. The van der Waals surface area contributed by atoms with Gasteiger partial charge in [0.2, 0.25) is 0 Å². The molecule has 0 atom stereocenters. The quantitative estimate of drug-likeness (QED) is 0.531. The molecule has 0 radical (unpaired) electrons.